The highest BCUT2D eigenvalue weighted by atomic mass is 19.1. The van der Waals surface area contributed by atoms with Crippen LogP contribution in [0.2, 0.25) is 0 Å². The molecule has 0 aliphatic heterocycles. The van der Waals surface area contributed by atoms with Gasteiger partial charge in [-0.15, -0.1) is 0 Å². The van der Waals surface area contributed by atoms with Gasteiger partial charge in [-0.1, -0.05) is 88.4 Å². The number of rotatable bonds is 7. The summed E-state index contributed by atoms with van der Waals surface area (Å²) in [6.45, 7) is 4.65. The maximum Gasteiger partial charge on any atom is 0.131 e. The van der Waals surface area contributed by atoms with Gasteiger partial charge >= 0.3 is 0 Å². The van der Waals surface area contributed by atoms with Crippen LogP contribution >= 0.6 is 0 Å². The molecule has 0 bridgehead atoms. The monoisotopic (exact) mass is 352 g/mol. The Morgan fingerprint density at radius 3 is 2.38 bits per heavy atom. The molecular formula is C25H33F. The van der Waals surface area contributed by atoms with Crippen molar-refractivity contribution in [3.8, 4) is 11.1 Å². The van der Waals surface area contributed by atoms with E-state index in [2.05, 4.69) is 19.9 Å². The molecule has 2 aromatic rings. The lowest BCUT2D eigenvalue weighted by molar-refractivity contribution is 0.204. The zero-order chi connectivity index (χ0) is 18.4. The van der Waals surface area contributed by atoms with Gasteiger partial charge in [0.25, 0.3) is 0 Å². The fourth-order valence-electron chi connectivity index (χ4n) is 4.61. The maximum atomic E-state index is 14.6. The zero-order valence-electron chi connectivity index (χ0n) is 16.4. The van der Waals surface area contributed by atoms with Crippen molar-refractivity contribution >= 4 is 0 Å². The molecule has 3 rings (SSSR count). The van der Waals surface area contributed by atoms with Gasteiger partial charge in [-0.25, -0.2) is 4.39 Å². The quantitative estimate of drug-likeness (QED) is 0.479. The van der Waals surface area contributed by atoms with E-state index < -0.39 is 0 Å². The molecule has 1 aliphatic carbocycles. The van der Waals surface area contributed by atoms with Gasteiger partial charge in [0.1, 0.15) is 5.82 Å². The van der Waals surface area contributed by atoms with E-state index in [1.165, 1.54) is 44.9 Å². The molecule has 0 saturated heterocycles. The minimum absolute atomic E-state index is 0.0934. The predicted octanol–water partition coefficient (Wildman–Crippen LogP) is 7.67. The van der Waals surface area contributed by atoms with Gasteiger partial charge in [-0.2, -0.15) is 0 Å². The summed E-state index contributed by atoms with van der Waals surface area (Å²) in [5, 5.41) is 0. The first-order valence-electron chi connectivity index (χ1n) is 10.5. The Morgan fingerprint density at radius 2 is 1.73 bits per heavy atom. The highest BCUT2D eigenvalue weighted by Gasteiger charge is 2.25. The van der Waals surface area contributed by atoms with Crippen LogP contribution in [0.4, 0.5) is 4.39 Å². The molecule has 1 aliphatic rings. The number of unbranched alkanes of at least 4 members (excludes halogenated alkanes) is 1. The fraction of sp³-hybridized carbons (Fsp3) is 0.520. The van der Waals surface area contributed by atoms with E-state index in [4.69, 9.17) is 0 Å². The second kappa shape index (κ2) is 9.35. The lowest BCUT2D eigenvalue weighted by Crippen LogP contribution is -2.21. The molecule has 0 nitrogen and oxygen atoms in total. The summed E-state index contributed by atoms with van der Waals surface area (Å²) in [6.07, 6.45) is 10.6. The van der Waals surface area contributed by atoms with Crippen molar-refractivity contribution in [1.29, 1.82) is 0 Å². The Balaban J connectivity index is 1.57. The van der Waals surface area contributed by atoms with Crippen LogP contribution in [0, 0.1) is 23.6 Å². The SMILES string of the molecule is CCCCC1CCC(C(C)Cc2ccc(-c3ccccc3)c(F)c2)CC1. The smallest absolute Gasteiger partial charge is 0.131 e. The highest BCUT2D eigenvalue weighted by Crippen LogP contribution is 2.37. The Labute approximate surface area is 158 Å². The van der Waals surface area contributed by atoms with Crippen molar-refractivity contribution in [3.05, 3.63) is 59.9 Å². The topological polar surface area (TPSA) is 0 Å². The van der Waals surface area contributed by atoms with Crippen molar-refractivity contribution in [2.45, 2.75) is 65.2 Å². The van der Waals surface area contributed by atoms with Gasteiger partial charge in [0.2, 0.25) is 0 Å². The van der Waals surface area contributed by atoms with E-state index in [0.29, 0.717) is 11.5 Å². The number of hydrogen-bond acceptors (Lipinski definition) is 0. The molecule has 26 heavy (non-hydrogen) atoms. The number of halogens is 1. The molecular weight excluding hydrogens is 319 g/mol. The van der Waals surface area contributed by atoms with E-state index in [0.717, 1.165) is 29.4 Å². The minimum atomic E-state index is -0.0934. The van der Waals surface area contributed by atoms with Crippen LogP contribution in [-0.2, 0) is 6.42 Å². The van der Waals surface area contributed by atoms with Crippen LogP contribution in [0.15, 0.2) is 48.5 Å². The average molecular weight is 353 g/mol. The van der Waals surface area contributed by atoms with E-state index in [1.54, 1.807) is 6.07 Å². The summed E-state index contributed by atoms with van der Waals surface area (Å²) < 4.78 is 14.6. The molecule has 1 unspecified atom stereocenters. The van der Waals surface area contributed by atoms with Gasteiger partial charge in [0, 0.05) is 5.56 Å². The molecule has 0 radical (unpaired) electrons. The van der Waals surface area contributed by atoms with Gasteiger partial charge < -0.3 is 0 Å². The molecule has 140 valence electrons. The van der Waals surface area contributed by atoms with Gasteiger partial charge in [0.15, 0.2) is 0 Å². The summed E-state index contributed by atoms with van der Waals surface area (Å²) in [7, 11) is 0. The van der Waals surface area contributed by atoms with Crippen LogP contribution < -0.4 is 0 Å². The number of benzene rings is 2. The second-order valence-electron chi connectivity index (χ2n) is 8.28. The van der Waals surface area contributed by atoms with Crippen molar-refractivity contribution in [2.24, 2.45) is 17.8 Å². The average Bonchev–Trinajstić information content (AvgIpc) is 2.67. The first kappa shape index (κ1) is 19.1. The Bertz CT molecular complexity index is 668. The lowest BCUT2D eigenvalue weighted by atomic mass is 9.73. The van der Waals surface area contributed by atoms with E-state index >= 15 is 0 Å². The Kier molecular flexibility index (Phi) is 6.88. The van der Waals surface area contributed by atoms with Gasteiger partial charge in [0.05, 0.1) is 0 Å². The summed E-state index contributed by atoms with van der Waals surface area (Å²) in [5.41, 5.74) is 2.80. The van der Waals surface area contributed by atoms with E-state index in [-0.39, 0.29) is 5.82 Å². The van der Waals surface area contributed by atoms with E-state index in [9.17, 15) is 4.39 Å². The zero-order valence-corrected chi connectivity index (χ0v) is 16.4. The van der Waals surface area contributed by atoms with Gasteiger partial charge in [-0.05, 0) is 54.2 Å². The summed E-state index contributed by atoms with van der Waals surface area (Å²) in [5.74, 6) is 2.32. The molecule has 2 aromatic carbocycles. The number of hydrogen-bond donors (Lipinski definition) is 0. The third-order valence-corrected chi connectivity index (χ3v) is 6.34. The normalized spacial score (nSPS) is 21.5. The molecule has 0 heterocycles. The van der Waals surface area contributed by atoms with Crippen LogP contribution in [0.25, 0.3) is 11.1 Å². The second-order valence-corrected chi connectivity index (χ2v) is 8.28. The lowest BCUT2D eigenvalue weighted by Gasteiger charge is -2.32. The summed E-state index contributed by atoms with van der Waals surface area (Å²) in [4.78, 5) is 0. The summed E-state index contributed by atoms with van der Waals surface area (Å²) in [6, 6.07) is 15.7. The predicted molar refractivity (Wildman–Crippen MR) is 110 cm³/mol. The van der Waals surface area contributed by atoms with Crippen molar-refractivity contribution < 1.29 is 4.39 Å². The Morgan fingerprint density at radius 1 is 1.00 bits per heavy atom. The van der Waals surface area contributed by atoms with Crippen LogP contribution in [0.3, 0.4) is 0 Å². The third kappa shape index (κ3) is 4.96. The first-order valence-corrected chi connectivity index (χ1v) is 10.5. The molecule has 0 amide bonds. The first-order chi connectivity index (χ1) is 12.7. The Hall–Kier alpha value is -1.63. The van der Waals surface area contributed by atoms with Crippen LogP contribution in [0.5, 0.6) is 0 Å². The molecule has 0 spiro atoms. The van der Waals surface area contributed by atoms with Crippen LogP contribution in [-0.4, -0.2) is 0 Å². The highest BCUT2D eigenvalue weighted by molar-refractivity contribution is 5.64. The summed E-state index contributed by atoms with van der Waals surface area (Å²) >= 11 is 0. The molecule has 0 N–H and O–H groups in total. The third-order valence-electron chi connectivity index (χ3n) is 6.34. The van der Waals surface area contributed by atoms with Crippen molar-refractivity contribution in [1.82, 2.24) is 0 Å². The van der Waals surface area contributed by atoms with Crippen molar-refractivity contribution in [3.63, 3.8) is 0 Å². The van der Waals surface area contributed by atoms with E-state index in [1.807, 2.05) is 36.4 Å². The molecule has 0 aromatic heterocycles. The fourth-order valence-corrected chi connectivity index (χ4v) is 4.61. The molecule has 1 saturated carbocycles. The van der Waals surface area contributed by atoms with Crippen molar-refractivity contribution in [2.75, 3.05) is 0 Å². The molecule has 1 fully saturated rings. The standard InChI is InChI=1S/C25H33F/c1-3-4-8-20-11-14-22(15-12-20)19(2)17-21-13-16-24(25(26)18-21)23-9-6-5-7-10-23/h5-7,9-10,13,16,18-20,22H,3-4,8,11-12,14-15,17H2,1-2H3. The largest absolute Gasteiger partial charge is 0.206 e. The molecule has 1 heteroatoms. The van der Waals surface area contributed by atoms with Crippen LogP contribution in [0.1, 0.15) is 64.4 Å². The molecule has 1 atom stereocenters. The maximum absolute atomic E-state index is 14.6. The minimum Gasteiger partial charge on any atom is -0.206 e. The van der Waals surface area contributed by atoms with Gasteiger partial charge in [-0.3, -0.25) is 0 Å².